The lowest BCUT2D eigenvalue weighted by molar-refractivity contribution is 0.382. The summed E-state index contributed by atoms with van der Waals surface area (Å²) in [5.74, 6) is 2.33. The molecule has 0 saturated heterocycles. The first-order chi connectivity index (χ1) is 13.2. The smallest absolute Gasteiger partial charge is 0.156 e. The molecule has 0 aliphatic rings. The van der Waals surface area contributed by atoms with Gasteiger partial charge in [0.25, 0.3) is 0 Å². The summed E-state index contributed by atoms with van der Waals surface area (Å²) in [6, 6.07) is 12.2. The van der Waals surface area contributed by atoms with Gasteiger partial charge in [0.05, 0.1) is 24.0 Å². The zero-order valence-electron chi connectivity index (χ0n) is 15.5. The first-order valence-corrected chi connectivity index (χ1v) is 9.14. The van der Waals surface area contributed by atoms with Gasteiger partial charge in [0.15, 0.2) is 5.76 Å². The summed E-state index contributed by atoms with van der Waals surface area (Å²) in [6.07, 6.45) is 3.55. The van der Waals surface area contributed by atoms with Gasteiger partial charge in [-0.2, -0.15) is 5.10 Å². The van der Waals surface area contributed by atoms with Crippen LogP contribution in [0.3, 0.4) is 0 Å². The fourth-order valence-electron chi connectivity index (χ4n) is 3.06. The van der Waals surface area contributed by atoms with Crippen LogP contribution in [0.1, 0.15) is 29.9 Å². The number of benzene rings is 1. The Morgan fingerprint density at radius 2 is 2.00 bits per heavy atom. The van der Waals surface area contributed by atoms with Crippen molar-refractivity contribution in [2.45, 2.75) is 39.8 Å². The number of nitrogens with one attached hydrogen (secondary N) is 1. The normalized spacial score (nSPS) is 11.2. The van der Waals surface area contributed by atoms with Crippen molar-refractivity contribution in [2.75, 3.05) is 5.32 Å². The van der Waals surface area contributed by atoms with E-state index in [4.69, 9.17) is 4.52 Å². The number of hydrogen-bond donors (Lipinski definition) is 1. The number of aromatic nitrogens is 5. The Kier molecular flexibility index (Phi) is 4.82. The third kappa shape index (κ3) is 3.97. The standard InChI is InChI=1S/C20H22N6O/c1-3-16-10-18(27-25-16)13-21-20-11-17(23-14(2)24-20)8-9-26-19-7-5-4-6-15(19)12-22-26/h4-7,10-12H,3,8-9,13H2,1-2H3,(H,21,23,24). The van der Waals surface area contributed by atoms with Crippen molar-refractivity contribution >= 4 is 16.7 Å². The number of anilines is 1. The van der Waals surface area contributed by atoms with Crippen molar-refractivity contribution in [3.05, 3.63) is 65.6 Å². The summed E-state index contributed by atoms with van der Waals surface area (Å²) in [5.41, 5.74) is 3.08. The van der Waals surface area contributed by atoms with Crippen LogP contribution in [0.25, 0.3) is 10.9 Å². The second-order valence-electron chi connectivity index (χ2n) is 6.46. The van der Waals surface area contributed by atoms with Gasteiger partial charge in [0.1, 0.15) is 11.6 Å². The monoisotopic (exact) mass is 362 g/mol. The maximum absolute atomic E-state index is 5.31. The van der Waals surface area contributed by atoms with Gasteiger partial charge < -0.3 is 9.84 Å². The molecular weight excluding hydrogens is 340 g/mol. The van der Waals surface area contributed by atoms with Gasteiger partial charge in [-0.1, -0.05) is 30.3 Å². The zero-order chi connectivity index (χ0) is 18.6. The average Bonchev–Trinajstić information content (AvgIpc) is 3.31. The maximum atomic E-state index is 5.31. The second-order valence-corrected chi connectivity index (χ2v) is 6.46. The molecule has 0 aliphatic carbocycles. The van der Waals surface area contributed by atoms with Crippen LogP contribution in [0, 0.1) is 6.92 Å². The molecule has 4 rings (SSSR count). The molecule has 0 atom stereocenters. The van der Waals surface area contributed by atoms with E-state index in [0.717, 1.165) is 59.1 Å². The first-order valence-electron chi connectivity index (χ1n) is 9.14. The number of para-hydroxylation sites is 1. The van der Waals surface area contributed by atoms with Gasteiger partial charge in [0.2, 0.25) is 0 Å². The van der Waals surface area contributed by atoms with Crippen molar-refractivity contribution < 1.29 is 4.52 Å². The molecule has 138 valence electrons. The maximum Gasteiger partial charge on any atom is 0.156 e. The number of nitrogens with zero attached hydrogens (tertiary/aromatic N) is 5. The van der Waals surface area contributed by atoms with Crippen LogP contribution < -0.4 is 5.32 Å². The van der Waals surface area contributed by atoms with Crippen molar-refractivity contribution in [1.29, 1.82) is 0 Å². The lowest BCUT2D eigenvalue weighted by atomic mass is 10.2. The largest absolute Gasteiger partial charge is 0.363 e. The molecule has 0 saturated carbocycles. The SMILES string of the molecule is CCc1cc(CNc2cc(CCn3ncc4ccccc43)nc(C)n2)on1. The van der Waals surface area contributed by atoms with Crippen molar-refractivity contribution in [2.24, 2.45) is 0 Å². The molecule has 0 amide bonds. The predicted molar refractivity (Wildman–Crippen MR) is 103 cm³/mol. The molecule has 0 spiro atoms. The Bertz CT molecular complexity index is 1050. The molecule has 3 aromatic heterocycles. The Hall–Kier alpha value is -3.22. The summed E-state index contributed by atoms with van der Waals surface area (Å²) in [4.78, 5) is 9.02. The van der Waals surface area contributed by atoms with Gasteiger partial charge in [-0.15, -0.1) is 0 Å². The minimum Gasteiger partial charge on any atom is -0.363 e. The third-order valence-corrected chi connectivity index (χ3v) is 4.44. The first kappa shape index (κ1) is 17.2. The van der Waals surface area contributed by atoms with Crippen LogP contribution in [-0.4, -0.2) is 24.9 Å². The molecule has 3 heterocycles. The second kappa shape index (κ2) is 7.57. The number of rotatable bonds is 7. The Morgan fingerprint density at radius 3 is 2.85 bits per heavy atom. The highest BCUT2D eigenvalue weighted by Gasteiger charge is 2.07. The molecule has 7 nitrogen and oxygen atoms in total. The molecule has 0 aliphatic heterocycles. The number of fused-ring (bicyclic) bond motifs is 1. The van der Waals surface area contributed by atoms with Crippen molar-refractivity contribution in [3.8, 4) is 0 Å². The highest BCUT2D eigenvalue weighted by molar-refractivity contribution is 5.78. The van der Waals surface area contributed by atoms with Crippen molar-refractivity contribution in [1.82, 2.24) is 24.9 Å². The van der Waals surface area contributed by atoms with Gasteiger partial charge >= 0.3 is 0 Å². The van der Waals surface area contributed by atoms with Gasteiger partial charge in [0, 0.05) is 36.2 Å². The van der Waals surface area contributed by atoms with Crippen LogP contribution >= 0.6 is 0 Å². The quantitative estimate of drug-likeness (QED) is 0.541. The molecule has 7 heteroatoms. The van der Waals surface area contributed by atoms with Gasteiger partial charge in [-0.25, -0.2) is 9.97 Å². The molecule has 1 aromatic carbocycles. The fourth-order valence-corrected chi connectivity index (χ4v) is 3.06. The summed E-state index contributed by atoms with van der Waals surface area (Å²) < 4.78 is 7.32. The topological polar surface area (TPSA) is 81.7 Å². The van der Waals surface area contributed by atoms with E-state index < -0.39 is 0 Å². The van der Waals surface area contributed by atoms with Crippen LogP contribution in [0.2, 0.25) is 0 Å². The lowest BCUT2D eigenvalue weighted by Gasteiger charge is -2.08. The summed E-state index contributed by atoms with van der Waals surface area (Å²) in [7, 11) is 0. The molecular formula is C20H22N6O. The molecule has 0 bridgehead atoms. The molecule has 27 heavy (non-hydrogen) atoms. The van der Waals surface area contributed by atoms with Crippen molar-refractivity contribution in [3.63, 3.8) is 0 Å². The minimum absolute atomic E-state index is 0.548. The molecule has 4 aromatic rings. The van der Waals surface area contributed by atoms with E-state index in [1.807, 2.05) is 42.1 Å². The third-order valence-electron chi connectivity index (χ3n) is 4.44. The summed E-state index contributed by atoms with van der Waals surface area (Å²) in [5, 5.41) is 12.9. The van der Waals surface area contributed by atoms with E-state index in [1.165, 1.54) is 0 Å². The average molecular weight is 362 g/mol. The van der Waals surface area contributed by atoms with E-state index in [-0.39, 0.29) is 0 Å². The Morgan fingerprint density at radius 1 is 1.11 bits per heavy atom. The van der Waals surface area contributed by atoms with E-state index in [9.17, 15) is 0 Å². The van der Waals surface area contributed by atoms with E-state index in [2.05, 4.69) is 44.6 Å². The number of aryl methyl sites for hydroxylation is 4. The van der Waals surface area contributed by atoms with Crippen LogP contribution in [0.15, 0.2) is 47.1 Å². The van der Waals surface area contributed by atoms with E-state index in [0.29, 0.717) is 6.54 Å². The van der Waals surface area contributed by atoms with Crippen LogP contribution in [0.4, 0.5) is 5.82 Å². The number of hydrogen-bond acceptors (Lipinski definition) is 6. The molecule has 0 unspecified atom stereocenters. The Labute approximate surface area is 157 Å². The molecule has 0 fully saturated rings. The molecule has 1 N–H and O–H groups in total. The van der Waals surface area contributed by atoms with Crippen LogP contribution in [0.5, 0.6) is 0 Å². The Balaban J connectivity index is 1.43. The van der Waals surface area contributed by atoms with E-state index in [1.54, 1.807) is 0 Å². The minimum atomic E-state index is 0.548. The predicted octanol–water partition coefficient (Wildman–Crippen LogP) is 3.54. The van der Waals surface area contributed by atoms with Crippen LogP contribution in [-0.2, 0) is 25.9 Å². The molecule has 0 radical (unpaired) electrons. The highest BCUT2D eigenvalue weighted by Crippen LogP contribution is 2.15. The fraction of sp³-hybridized carbons (Fsp3) is 0.300. The zero-order valence-corrected chi connectivity index (χ0v) is 15.5. The highest BCUT2D eigenvalue weighted by atomic mass is 16.5. The van der Waals surface area contributed by atoms with Gasteiger partial charge in [-0.05, 0) is 19.4 Å². The van der Waals surface area contributed by atoms with Gasteiger partial charge in [-0.3, -0.25) is 4.68 Å². The summed E-state index contributed by atoms with van der Waals surface area (Å²) >= 11 is 0. The van der Waals surface area contributed by atoms with E-state index >= 15 is 0 Å². The lowest BCUT2D eigenvalue weighted by Crippen LogP contribution is -2.08. The summed E-state index contributed by atoms with van der Waals surface area (Å²) in [6.45, 7) is 5.28.